The molecule has 3 amide bonds. The molecule has 0 saturated carbocycles. The number of pyridine rings is 2. The standard InChI is InChI=1S/C22H23N7O4/c23-10-16-11-25-19(9-17(16)24)27-21(31)29-6-3-4-14-8-15(18(13-30)26-20(14)29)12-28-5-1-2-7-33-22(28)32/h8-9,11,13H,1-7,12H2,(H3,24,25,27,31). The van der Waals surface area contributed by atoms with Gasteiger partial charge in [-0.05, 0) is 37.3 Å². The molecule has 1 saturated heterocycles. The molecule has 4 rings (SSSR count). The van der Waals surface area contributed by atoms with Crippen LogP contribution in [0.4, 0.5) is 26.9 Å². The lowest BCUT2D eigenvalue weighted by atomic mass is 10.0. The second-order valence-corrected chi connectivity index (χ2v) is 7.83. The van der Waals surface area contributed by atoms with E-state index in [0.717, 1.165) is 18.4 Å². The number of amides is 3. The summed E-state index contributed by atoms with van der Waals surface area (Å²) >= 11 is 0. The quantitative estimate of drug-likeness (QED) is 0.675. The number of rotatable bonds is 4. The van der Waals surface area contributed by atoms with E-state index in [9.17, 15) is 14.4 Å². The van der Waals surface area contributed by atoms with Crippen molar-refractivity contribution in [3.63, 3.8) is 0 Å². The summed E-state index contributed by atoms with van der Waals surface area (Å²) in [5.74, 6) is 0.597. The number of nitrogens with one attached hydrogen (secondary N) is 1. The van der Waals surface area contributed by atoms with Gasteiger partial charge in [-0.25, -0.2) is 19.6 Å². The molecule has 11 heteroatoms. The average Bonchev–Trinajstić information content (AvgIpc) is 3.02. The van der Waals surface area contributed by atoms with Gasteiger partial charge >= 0.3 is 12.1 Å². The van der Waals surface area contributed by atoms with E-state index in [1.165, 1.54) is 17.2 Å². The van der Waals surface area contributed by atoms with Gasteiger partial charge in [-0.3, -0.25) is 15.0 Å². The molecule has 3 N–H and O–H groups in total. The summed E-state index contributed by atoms with van der Waals surface area (Å²) in [6.07, 6.45) is 4.53. The molecule has 2 aromatic heterocycles. The number of carbonyl (C=O) groups is 3. The molecule has 0 spiro atoms. The van der Waals surface area contributed by atoms with Crippen LogP contribution in [0, 0.1) is 11.3 Å². The van der Waals surface area contributed by atoms with Gasteiger partial charge in [0.15, 0.2) is 6.29 Å². The maximum atomic E-state index is 12.9. The zero-order chi connectivity index (χ0) is 23.4. The van der Waals surface area contributed by atoms with Crippen LogP contribution in [0.2, 0.25) is 0 Å². The van der Waals surface area contributed by atoms with E-state index in [2.05, 4.69) is 15.3 Å². The number of nitrogen functional groups attached to an aromatic ring is 1. The lowest BCUT2D eigenvalue weighted by Gasteiger charge is -2.29. The number of aromatic nitrogens is 2. The lowest BCUT2D eigenvalue weighted by Crippen LogP contribution is -2.40. The molecule has 0 bridgehead atoms. The van der Waals surface area contributed by atoms with Crippen molar-refractivity contribution in [2.24, 2.45) is 0 Å². The number of hydrogen-bond donors (Lipinski definition) is 2. The number of ether oxygens (including phenoxy) is 1. The molecule has 0 aliphatic carbocycles. The highest BCUT2D eigenvalue weighted by atomic mass is 16.6. The van der Waals surface area contributed by atoms with Crippen LogP contribution in [0.3, 0.4) is 0 Å². The molecule has 33 heavy (non-hydrogen) atoms. The molecular formula is C22H23N7O4. The number of carbonyl (C=O) groups excluding carboxylic acids is 3. The molecule has 0 radical (unpaired) electrons. The Morgan fingerprint density at radius 3 is 2.91 bits per heavy atom. The Morgan fingerprint density at radius 2 is 2.15 bits per heavy atom. The van der Waals surface area contributed by atoms with E-state index in [1.54, 1.807) is 4.90 Å². The number of aryl methyl sites for hydroxylation is 1. The fourth-order valence-electron chi connectivity index (χ4n) is 3.89. The van der Waals surface area contributed by atoms with Gasteiger partial charge in [0, 0.05) is 30.9 Å². The monoisotopic (exact) mass is 449 g/mol. The SMILES string of the molecule is N#Cc1cnc(NC(=O)N2CCCc3cc(CN4CCCCOC4=O)c(C=O)nc32)cc1N. The topological polar surface area (TPSA) is 155 Å². The van der Waals surface area contributed by atoms with Gasteiger partial charge in [-0.1, -0.05) is 0 Å². The zero-order valence-corrected chi connectivity index (χ0v) is 17.9. The smallest absolute Gasteiger partial charge is 0.410 e. The first-order valence-electron chi connectivity index (χ1n) is 10.6. The molecule has 4 heterocycles. The van der Waals surface area contributed by atoms with Crippen molar-refractivity contribution >= 4 is 35.7 Å². The van der Waals surface area contributed by atoms with Crippen molar-refractivity contribution in [2.75, 3.05) is 35.6 Å². The van der Waals surface area contributed by atoms with Gasteiger partial charge in [0.05, 0.1) is 24.4 Å². The lowest BCUT2D eigenvalue weighted by molar-refractivity contribution is 0.109. The summed E-state index contributed by atoms with van der Waals surface area (Å²) < 4.78 is 5.19. The minimum Gasteiger partial charge on any atom is -0.449 e. The third kappa shape index (κ3) is 4.69. The first-order valence-corrected chi connectivity index (χ1v) is 10.6. The van der Waals surface area contributed by atoms with Gasteiger partial charge in [0.2, 0.25) is 0 Å². The van der Waals surface area contributed by atoms with Crippen molar-refractivity contribution in [3.05, 3.63) is 40.7 Å². The number of nitrogens with two attached hydrogens (primary N) is 1. The Bertz CT molecular complexity index is 1140. The Balaban J connectivity index is 1.58. The summed E-state index contributed by atoms with van der Waals surface area (Å²) in [7, 11) is 0. The highest BCUT2D eigenvalue weighted by Crippen LogP contribution is 2.29. The number of cyclic esters (lactones) is 1. The number of anilines is 3. The summed E-state index contributed by atoms with van der Waals surface area (Å²) in [4.78, 5) is 48.5. The number of nitriles is 1. The van der Waals surface area contributed by atoms with Gasteiger partial charge in [0.25, 0.3) is 0 Å². The first kappa shape index (κ1) is 22.0. The second kappa shape index (κ2) is 9.52. The highest BCUT2D eigenvalue weighted by molar-refractivity contribution is 6.01. The van der Waals surface area contributed by atoms with Crippen LogP contribution in [0.1, 0.15) is 46.4 Å². The zero-order valence-electron chi connectivity index (χ0n) is 17.9. The van der Waals surface area contributed by atoms with Crippen LogP contribution >= 0.6 is 0 Å². The fraction of sp³-hybridized carbons (Fsp3) is 0.364. The third-order valence-corrected chi connectivity index (χ3v) is 5.59. The summed E-state index contributed by atoms with van der Waals surface area (Å²) in [5.41, 5.74) is 7.83. The van der Waals surface area contributed by atoms with Crippen molar-refractivity contribution in [1.29, 1.82) is 5.26 Å². The predicted molar refractivity (Wildman–Crippen MR) is 119 cm³/mol. The summed E-state index contributed by atoms with van der Waals surface area (Å²) in [6.45, 7) is 1.56. The predicted octanol–water partition coefficient (Wildman–Crippen LogP) is 2.46. The Morgan fingerprint density at radius 1 is 1.30 bits per heavy atom. The highest BCUT2D eigenvalue weighted by Gasteiger charge is 2.27. The van der Waals surface area contributed by atoms with Gasteiger partial charge in [0.1, 0.15) is 23.4 Å². The number of hydrogen-bond acceptors (Lipinski definition) is 8. The Labute approximate surface area is 190 Å². The number of aldehydes is 1. The molecule has 2 aliphatic heterocycles. The normalized spacial score (nSPS) is 15.7. The van der Waals surface area contributed by atoms with Crippen LogP contribution in [-0.2, 0) is 17.7 Å². The number of urea groups is 1. The van der Waals surface area contributed by atoms with Crippen LogP contribution < -0.4 is 16.0 Å². The van der Waals surface area contributed by atoms with Gasteiger partial charge in [-0.2, -0.15) is 5.26 Å². The molecule has 170 valence electrons. The van der Waals surface area contributed by atoms with Crippen LogP contribution in [0.15, 0.2) is 18.3 Å². The van der Waals surface area contributed by atoms with Crippen molar-refractivity contribution in [1.82, 2.24) is 14.9 Å². The van der Waals surface area contributed by atoms with E-state index in [4.69, 9.17) is 15.7 Å². The third-order valence-electron chi connectivity index (χ3n) is 5.59. The van der Waals surface area contributed by atoms with Gasteiger partial charge in [-0.15, -0.1) is 0 Å². The number of nitrogens with zero attached hydrogens (tertiary/aromatic N) is 5. The molecule has 2 aliphatic rings. The summed E-state index contributed by atoms with van der Waals surface area (Å²) in [6, 6.07) is 4.69. The maximum Gasteiger partial charge on any atom is 0.410 e. The van der Waals surface area contributed by atoms with E-state index < -0.39 is 12.1 Å². The van der Waals surface area contributed by atoms with Crippen LogP contribution in [-0.4, -0.2) is 53.0 Å². The molecule has 0 aromatic carbocycles. The molecule has 1 fully saturated rings. The molecule has 11 nitrogen and oxygen atoms in total. The van der Waals surface area contributed by atoms with Gasteiger partial charge < -0.3 is 15.4 Å². The Kier molecular flexibility index (Phi) is 6.35. The average molecular weight is 449 g/mol. The van der Waals surface area contributed by atoms with Crippen molar-refractivity contribution < 1.29 is 19.1 Å². The Hall–Kier alpha value is -4.20. The summed E-state index contributed by atoms with van der Waals surface area (Å²) in [5, 5.41) is 11.6. The van der Waals surface area contributed by atoms with Crippen LogP contribution in [0.5, 0.6) is 0 Å². The largest absolute Gasteiger partial charge is 0.449 e. The fourth-order valence-corrected chi connectivity index (χ4v) is 3.89. The van der Waals surface area contributed by atoms with E-state index >= 15 is 0 Å². The molecule has 2 aromatic rings. The van der Waals surface area contributed by atoms with Crippen molar-refractivity contribution in [2.45, 2.75) is 32.2 Å². The van der Waals surface area contributed by atoms with Crippen LogP contribution in [0.25, 0.3) is 0 Å². The first-order chi connectivity index (χ1) is 16.0. The van der Waals surface area contributed by atoms with E-state index in [-0.39, 0.29) is 29.3 Å². The maximum absolute atomic E-state index is 12.9. The van der Waals surface area contributed by atoms with E-state index in [1.807, 2.05) is 12.1 Å². The van der Waals surface area contributed by atoms with E-state index in [0.29, 0.717) is 50.2 Å². The molecule has 0 atom stereocenters. The minimum atomic E-state index is -0.472. The second-order valence-electron chi connectivity index (χ2n) is 7.83. The minimum absolute atomic E-state index is 0.172. The number of fused-ring (bicyclic) bond motifs is 1. The molecule has 0 unspecified atom stereocenters. The molecular weight excluding hydrogens is 426 g/mol. The van der Waals surface area contributed by atoms with Crippen molar-refractivity contribution in [3.8, 4) is 6.07 Å².